The van der Waals surface area contributed by atoms with Crippen LogP contribution in [0, 0.1) is 0 Å². The number of imidazole rings is 1. The first-order valence-electron chi connectivity index (χ1n) is 7.55. The van der Waals surface area contributed by atoms with E-state index in [4.69, 9.17) is 0 Å². The van der Waals surface area contributed by atoms with Gasteiger partial charge in [-0.05, 0) is 17.5 Å². The van der Waals surface area contributed by atoms with Gasteiger partial charge in [-0.25, -0.2) is 4.98 Å². The molecule has 0 fully saturated rings. The van der Waals surface area contributed by atoms with Crippen molar-refractivity contribution in [3.05, 3.63) is 90.5 Å². The smallest absolute Gasteiger partial charge is 0.0946 e. The van der Waals surface area contributed by atoms with Crippen LogP contribution in [0.4, 0.5) is 0 Å². The number of aliphatic hydroxyl groups excluding tert-OH is 1. The maximum absolute atomic E-state index is 10.8. The van der Waals surface area contributed by atoms with Crippen molar-refractivity contribution in [2.75, 3.05) is 0 Å². The molecule has 2 unspecified atom stereocenters. The Balaban J connectivity index is 1.81. The Morgan fingerprint density at radius 3 is 2.27 bits per heavy atom. The number of aromatic nitrogens is 2. The SMILES string of the molecule is OC(Cc1ccccc1)C(Cn1ccnc1)c1ccccc1. The van der Waals surface area contributed by atoms with E-state index in [1.807, 2.05) is 47.2 Å². The van der Waals surface area contributed by atoms with Crippen LogP contribution in [0.15, 0.2) is 79.4 Å². The minimum absolute atomic E-state index is 0.0376. The van der Waals surface area contributed by atoms with Crippen molar-refractivity contribution < 1.29 is 5.11 Å². The summed E-state index contributed by atoms with van der Waals surface area (Å²) in [5, 5.41) is 10.8. The van der Waals surface area contributed by atoms with Gasteiger partial charge < -0.3 is 9.67 Å². The van der Waals surface area contributed by atoms with E-state index in [0.29, 0.717) is 6.42 Å². The molecular formula is C19H20N2O. The molecule has 0 amide bonds. The molecule has 0 saturated heterocycles. The first kappa shape index (κ1) is 14.5. The number of hydrogen-bond donors (Lipinski definition) is 1. The molecule has 22 heavy (non-hydrogen) atoms. The molecule has 1 N–H and O–H groups in total. The molecule has 112 valence electrons. The van der Waals surface area contributed by atoms with E-state index in [-0.39, 0.29) is 5.92 Å². The lowest BCUT2D eigenvalue weighted by Gasteiger charge is -2.24. The number of rotatable bonds is 6. The first-order chi connectivity index (χ1) is 10.8. The third kappa shape index (κ3) is 3.62. The van der Waals surface area contributed by atoms with Gasteiger partial charge in [0, 0.05) is 24.9 Å². The number of benzene rings is 2. The Bertz CT molecular complexity index is 665. The van der Waals surface area contributed by atoms with E-state index in [2.05, 4.69) is 29.2 Å². The zero-order valence-corrected chi connectivity index (χ0v) is 12.4. The molecule has 3 aromatic rings. The van der Waals surface area contributed by atoms with Gasteiger partial charge in [-0.15, -0.1) is 0 Å². The average molecular weight is 292 g/mol. The molecule has 0 aliphatic heterocycles. The summed E-state index contributed by atoms with van der Waals surface area (Å²) in [6, 6.07) is 20.3. The Labute approximate surface area is 130 Å². The van der Waals surface area contributed by atoms with Crippen LogP contribution in [-0.4, -0.2) is 20.8 Å². The summed E-state index contributed by atoms with van der Waals surface area (Å²) >= 11 is 0. The number of nitrogens with zero attached hydrogens (tertiary/aromatic N) is 2. The monoisotopic (exact) mass is 292 g/mol. The van der Waals surface area contributed by atoms with Crippen LogP contribution in [0.1, 0.15) is 17.0 Å². The third-order valence-electron chi connectivity index (χ3n) is 3.95. The number of aliphatic hydroxyl groups is 1. The van der Waals surface area contributed by atoms with Crippen molar-refractivity contribution in [1.29, 1.82) is 0 Å². The van der Waals surface area contributed by atoms with E-state index in [9.17, 15) is 5.11 Å². The minimum Gasteiger partial charge on any atom is -0.392 e. The zero-order valence-electron chi connectivity index (χ0n) is 12.4. The molecule has 0 bridgehead atoms. The Morgan fingerprint density at radius 2 is 1.64 bits per heavy atom. The van der Waals surface area contributed by atoms with Gasteiger partial charge >= 0.3 is 0 Å². The Morgan fingerprint density at radius 1 is 0.955 bits per heavy atom. The average Bonchev–Trinajstić information content (AvgIpc) is 3.07. The van der Waals surface area contributed by atoms with Gasteiger partial charge in [-0.2, -0.15) is 0 Å². The van der Waals surface area contributed by atoms with Gasteiger partial charge in [0.25, 0.3) is 0 Å². The highest BCUT2D eigenvalue weighted by atomic mass is 16.3. The Hall–Kier alpha value is -2.39. The molecule has 1 aromatic heterocycles. The highest BCUT2D eigenvalue weighted by molar-refractivity contribution is 5.23. The van der Waals surface area contributed by atoms with Gasteiger partial charge in [0.2, 0.25) is 0 Å². The van der Waals surface area contributed by atoms with Crippen LogP contribution in [0.25, 0.3) is 0 Å². The van der Waals surface area contributed by atoms with Crippen LogP contribution < -0.4 is 0 Å². The standard InChI is InChI=1S/C19H20N2O/c22-19(13-16-7-3-1-4-8-16)18(14-21-12-11-20-15-21)17-9-5-2-6-10-17/h1-12,15,18-19,22H,13-14H2. The van der Waals surface area contributed by atoms with Gasteiger partial charge in [0.1, 0.15) is 0 Å². The fourth-order valence-corrected chi connectivity index (χ4v) is 2.77. The molecule has 0 spiro atoms. The lowest BCUT2D eigenvalue weighted by atomic mass is 9.89. The lowest BCUT2D eigenvalue weighted by molar-refractivity contribution is 0.134. The zero-order chi connectivity index (χ0) is 15.2. The summed E-state index contributed by atoms with van der Waals surface area (Å²) in [6.45, 7) is 0.720. The van der Waals surface area contributed by atoms with Gasteiger partial charge in [-0.1, -0.05) is 60.7 Å². The second-order valence-electron chi connectivity index (χ2n) is 5.53. The first-order valence-corrected chi connectivity index (χ1v) is 7.55. The molecule has 3 rings (SSSR count). The van der Waals surface area contributed by atoms with Crippen molar-refractivity contribution in [3.8, 4) is 0 Å². The highest BCUT2D eigenvalue weighted by Gasteiger charge is 2.21. The topological polar surface area (TPSA) is 38.0 Å². The predicted octanol–water partition coefficient (Wildman–Crippen LogP) is 3.27. The quantitative estimate of drug-likeness (QED) is 0.757. The molecule has 2 atom stereocenters. The summed E-state index contributed by atoms with van der Waals surface area (Å²) in [5.41, 5.74) is 2.31. The van der Waals surface area contributed by atoms with E-state index >= 15 is 0 Å². The van der Waals surface area contributed by atoms with Crippen LogP contribution in [0.5, 0.6) is 0 Å². The summed E-state index contributed by atoms with van der Waals surface area (Å²) < 4.78 is 2.02. The number of hydrogen-bond acceptors (Lipinski definition) is 2. The fraction of sp³-hybridized carbons (Fsp3) is 0.211. The second-order valence-corrected chi connectivity index (χ2v) is 5.53. The minimum atomic E-state index is -0.438. The molecule has 0 saturated carbocycles. The van der Waals surface area contributed by atoms with Gasteiger partial charge in [0.15, 0.2) is 0 Å². The highest BCUT2D eigenvalue weighted by Crippen LogP contribution is 2.24. The lowest BCUT2D eigenvalue weighted by Crippen LogP contribution is -2.25. The molecule has 0 aliphatic carbocycles. The molecule has 3 nitrogen and oxygen atoms in total. The van der Waals surface area contributed by atoms with Crippen molar-refractivity contribution >= 4 is 0 Å². The molecule has 2 aromatic carbocycles. The largest absolute Gasteiger partial charge is 0.392 e. The van der Waals surface area contributed by atoms with Gasteiger partial charge in [-0.3, -0.25) is 0 Å². The molecular weight excluding hydrogens is 272 g/mol. The second kappa shape index (κ2) is 7.05. The van der Waals surface area contributed by atoms with Crippen LogP contribution in [-0.2, 0) is 13.0 Å². The maximum Gasteiger partial charge on any atom is 0.0946 e. The summed E-state index contributed by atoms with van der Waals surface area (Å²) in [6.07, 6.45) is 5.71. The van der Waals surface area contributed by atoms with Crippen molar-refractivity contribution in [3.63, 3.8) is 0 Å². The van der Waals surface area contributed by atoms with Crippen molar-refractivity contribution in [1.82, 2.24) is 9.55 Å². The van der Waals surface area contributed by atoms with E-state index in [1.54, 1.807) is 12.5 Å². The summed E-state index contributed by atoms with van der Waals surface area (Å²) in [5.74, 6) is 0.0376. The molecule has 0 aliphatic rings. The van der Waals surface area contributed by atoms with E-state index in [1.165, 1.54) is 0 Å². The Kier molecular flexibility index (Phi) is 4.66. The van der Waals surface area contributed by atoms with E-state index < -0.39 is 6.10 Å². The molecule has 0 radical (unpaired) electrons. The van der Waals surface area contributed by atoms with Crippen LogP contribution >= 0.6 is 0 Å². The third-order valence-corrected chi connectivity index (χ3v) is 3.95. The normalized spacial score (nSPS) is 13.7. The molecule has 1 heterocycles. The van der Waals surface area contributed by atoms with Crippen LogP contribution in [0.3, 0.4) is 0 Å². The fourth-order valence-electron chi connectivity index (χ4n) is 2.77. The van der Waals surface area contributed by atoms with Crippen molar-refractivity contribution in [2.45, 2.75) is 25.0 Å². The molecule has 3 heteroatoms. The van der Waals surface area contributed by atoms with Gasteiger partial charge in [0.05, 0.1) is 12.4 Å². The summed E-state index contributed by atoms with van der Waals surface area (Å²) in [7, 11) is 0. The van der Waals surface area contributed by atoms with E-state index in [0.717, 1.165) is 17.7 Å². The van der Waals surface area contributed by atoms with Crippen molar-refractivity contribution in [2.24, 2.45) is 0 Å². The summed E-state index contributed by atoms with van der Waals surface area (Å²) in [4.78, 5) is 4.09. The predicted molar refractivity (Wildman–Crippen MR) is 87.6 cm³/mol. The maximum atomic E-state index is 10.8. The van der Waals surface area contributed by atoms with Crippen LogP contribution in [0.2, 0.25) is 0 Å².